The van der Waals surface area contributed by atoms with E-state index in [9.17, 15) is 13.2 Å². The number of alkyl halides is 3. The first-order chi connectivity index (χ1) is 15.8. The molecule has 0 radical (unpaired) electrons. The number of nitrogens with zero attached hydrogens (tertiary/aromatic N) is 1. The number of hydrogen-bond donors (Lipinski definition) is 0. The Bertz CT molecular complexity index is 1100. The van der Waals surface area contributed by atoms with Crippen LogP contribution in [0.2, 0.25) is 5.02 Å². The second kappa shape index (κ2) is 9.53. The van der Waals surface area contributed by atoms with Crippen molar-refractivity contribution in [2.75, 3.05) is 20.8 Å². The zero-order chi connectivity index (χ0) is 23.6. The Hall–Kier alpha value is -2.90. The van der Waals surface area contributed by atoms with Crippen LogP contribution in [0.25, 0.3) is 0 Å². The summed E-state index contributed by atoms with van der Waals surface area (Å²) < 4.78 is 60.5. The molecule has 1 heterocycles. The Morgan fingerprint density at radius 1 is 1.00 bits per heavy atom. The summed E-state index contributed by atoms with van der Waals surface area (Å²) in [4.78, 5) is 1.38. The molecule has 0 saturated heterocycles. The predicted octanol–water partition coefficient (Wildman–Crippen LogP) is 6.60. The number of ether oxygens (including phenoxy) is 3. The minimum Gasteiger partial charge on any atom is -0.497 e. The summed E-state index contributed by atoms with van der Waals surface area (Å²) in [5.74, 6) is 1.08. The fourth-order valence-corrected chi connectivity index (χ4v) is 4.23. The van der Waals surface area contributed by atoms with Crippen LogP contribution < -0.4 is 14.2 Å². The third-order valence-electron chi connectivity index (χ3n) is 5.67. The van der Waals surface area contributed by atoms with Gasteiger partial charge in [-0.3, -0.25) is 4.90 Å². The summed E-state index contributed by atoms with van der Waals surface area (Å²) in [6.07, 6.45) is -5.19. The number of methoxy groups -OCH3 is 2. The first-order valence-corrected chi connectivity index (χ1v) is 10.7. The van der Waals surface area contributed by atoms with Crippen molar-refractivity contribution in [3.05, 3.63) is 88.4 Å². The van der Waals surface area contributed by atoms with Crippen molar-refractivity contribution in [1.29, 1.82) is 0 Å². The maximum Gasteiger partial charge on any atom is 0.408 e. The summed E-state index contributed by atoms with van der Waals surface area (Å²) in [5.41, 5.74) is 1.43. The van der Waals surface area contributed by atoms with E-state index in [-0.39, 0.29) is 24.4 Å². The molecule has 174 valence electrons. The predicted molar refractivity (Wildman–Crippen MR) is 120 cm³/mol. The highest BCUT2D eigenvalue weighted by Crippen LogP contribution is 2.45. The monoisotopic (exact) mass is 477 g/mol. The second-order valence-electron chi connectivity index (χ2n) is 7.75. The van der Waals surface area contributed by atoms with Crippen LogP contribution in [0.15, 0.2) is 66.7 Å². The molecule has 1 aliphatic rings. The van der Waals surface area contributed by atoms with E-state index >= 15 is 0 Å². The molecule has 4 nitrogen and oxygen atoms in total. The zero-order valence-electron chi connectivity index (χ0n) is 18.1. The topological polar surface area (TPSA) is 30.9 Å². The number of fused-ring (bicyclic) bond motifs is 1. The molecule has 2 atom stereocenters. The van der Waals surface area contributed by atoms with Gasteiger partial charge in [-0.05, 0) is 35.9 Å². The third kappa shape index (κ3) is 5.04. The van der Waals surface area contributed by atoms with Gasteiger partial charge in [-0.2, -0.15) is 13.2 Å². The SMILES string of the molecule is COc1ccc(C(N2Cc3ccccc3OC(c3ccc(Cl)cc3)C2)C(F)(F)F)c(OC)c1. The molecule has 0 bridgehead atoms. The molecule has 2 unspecified atom stereocenters. The second-order valence-corrected chi connectivity index (χ2v) is 8.18. The van der Waals surface area contributed by atoms with Crippen molar-refractivity contribution in [2.24, 2.45) is 0 Å². The molecule has 0 aromatic heterocycles. The Morgan fingerprint density at radius 3 is 2.39 bits per heavy atom. The Balaban J connectivity index is 1.81. The van der Waals surface area contributed by atoms with Gasteiger partial charge < -0.3 is 14.2 Å². The Morgan fingerprint density at radius 2 is 1.73 bits per heavy atom. The van der Waals surface area contributed by atoms with E-state index in [1.807, 2.05) is 0 Å². The van der Waals surface area contributed by atoms with Gasteiger partial charge in [0, 0.05) is 35.3 Å². The molecular formula is C25H23ClF3NO3. The van der Waals surface area contributed by atoms with Crippen LogP contribution in [0, 0.1) is 0 Å². The lowest BCUT2D eigenvalue weighted by atomic mass is 10.0. The van der Waals surface area contributed by atoms with E-state index < -0.39 is 18.3 Å². The van der Waals surface area contributed by atoms with Gasteiger partial charge in [0.05, 0.1) is 14.2 Å². The number of halogens is 4. The van der Waals surface area contributed by atoms with Gasteiger partial charge in [-0.25, -0.2) is 0 Å². The first kappa shape index (κ1) is 23.3. The summed E-state index contributed by atoms with van der Waals surface area (Å²) >= 11 is 6.02. The van der Waals surface area contributed by atoms with E-state index in [4.69, 9.17) is 25.8 Å². The molecule has 0 spiro atoms. The minimum absolute atomic E-state index is 0.00960. The summed E-state index contributed by atoms with van der Waals surface area (Å²) in [7, 11) is 2.80. The van der Waals surface area contributed by atoms with Crippen molar-refractivity contribution >= 4 is 11.6 Å². The van der Waals surface area contributed by atoms with Crippen molar-refractivity contribution in [1.82, 2.24) is 4.90 Å². The number of rotatable bonds is 5. The molecule has 4 rings (SSSR count). The van der Waals surface area contributed by atoms with Gasteiger partial charge in [0.2, 0.25) is 0 Å². The van der Waals surface area contributed by atoms with Crippen LogP contribution in [-0.2, 0) is 6.54 Å². The van der Waals surface area contributed by atoms with Gasteiger partial charge in [0.1, 0.15) is 29.4 Å². The van der Waals surface area contributed by atoms with Crippen LogP contribution in [0.4, 0.5) is 13.2 Å². The smallest absolute Gasteiger partial charge is 0.408 e. The fourth-order valence-electron chi connectivity index (χ4n) is 4.11. The van der Waals surface area contributed by atoms with Crippen molar-refractivity contribution in [3.63, 3.8) is 0 Å². The standard InChI is InChI=1S/C25H23ClF3NO3/c1-31-19-11-12-20(22(13-19)32-2)24(25(27,28)29)30-14-17-5-3-4-6-21(17)33-23(15-30)16-7-9-18(26)10-8-16/h3-13,23-24H,14-15H2,1-2H3. The third-order valence-corrected chi connectivity index (χ3v) is 5.92. The number of hydrogen-bond acceptors (Lipinski definition) is 4. The zero-order valence-corrected chi connectivity index (χ0v) is 18.9. The highest BCUT2D eigenvalue weighted by Gasteiger charge is 2.47. The van der Waals surface area contributed by atoms with E-state index in [2.05, 4.69) is 0 Å². The van der Waals surface area contributed by atoms with Crippen LogP contribution in [0.1, 0.15) is 28.8 Å². The lowest BCUT2D eigenvalue weighted by Crippen LogP contribution is -2.40. The first-order valence-electron chi connectivity index (χ1n) is 10.3. The summed E-state index contributed by atoms with van der Waals surface area (Å²) in [6.45, 7) is 0.0648. The van der Waals surface area contributed by atoms with E-state index in [1.54, 1.807) is 48.5 Å². The summed E-state index contributed by atoms with van der Waals surface area (Å²) in [6, 6.07) is 16.6. The molecule has 0 fully saturated rings. The highest BCUT2D eigenvalue weighted by molar-refractivity contribution is 6.30. The van der Waals surface area contributed by atoms with Gasteiger partial charge in [0.25, 0.3) is 0 Å². The molecule has 0 N–H and O–H groups in total. The average Bonchev–Trinajstić information content (AvgIpc) is 2.98. The van der Waals surface area contributed by atoms with Crippen LogP contribution in [-0.4, -0.2) is 31.8 Å². The van der Waals surface area contributed by atoms with Gasteiger partial charge in [-0.1, -0.05) is 41.9 Å². The average molecular weight is 478 g/mol. The van der Waals surface area contributed by atoms with Crippen LogP contribution in [0.3, 0.4) is 0 Å². The normalized spacial score (nSPS) is 17.5. The van der Waals surface area contributed by atoms with E-state index in [0.717, 1.165) is 5.56 Å². The Kier molecular flexibility index (Phi) is 6.72. The molecule has 1 aliphatic heterocycles. The molecule has 33 heavy (non-hydrogen) atoms. The quantitative estimate of drug-likeness (QED) is 0.414. The van der Waals surface area contributed by atoms with Crippen molar-refractivity contribution in [2.45, 2.75) is 24.9 Å². The minimum atomic E-state index is -4.56. The fraction of sp³-hybridized carbons (Fsp3) is 0.280. The van der Waals surface area contributed by atoms with Gasteiger partial charge in [0.15, 0.2) is 0 Å². The van der Waals surface area contributed by atoms with Gasteiger partial charge in [-0.15, -0.1) is 0 Å². The molecule has 0 saturated carbocycles. The van der Waals surface area contributed by atoms with Crippen molar-refractivity contribution in [3.8, 4) is 17.2 Å². The molecule has 0 aliphatic carbocycles. The molecule has 8 heteroatoms. The van der Waals surface area contributed by atoms with Crippen LogP contribution >= 0.6 is 11.6 Å². The lowest BCUT2D eigenvalue weighted by Gasteiger charge is -2.34. The van der Waals surface area contributed by atoms with E-state index in [0.29, 0.717) is 22.1 Å². The van der Waals surface area contributed by atoms with Gasteiger partial charge >= 0.3 is 6.18 Å². The molecule has 3 aromatic rings. The largest absolute Gasteiger partial charge is 0.497 e. The lowest BCUT2D eigenvalue weighted by molar-refractivity contribution is -0.190. The number of benzene rings is 3. The maximum atomic E-state index is 14.6. The maximum absolute atomic E-state index is 14.6. The van der Waals surface area contributed by atoms with Crippen molar-refractivity contribution < 1.29 is 27.4 Å². The molecular weight excluding hydrogens is 455 g/mol. The van der Waals surface area contributed by atoms with E-state index in [1.165, 1.54) is 37.3 Å². The molecule has 3 aromatic carbocycles. The van der Waals surface area contributed by atoms with Crippen LogP contribution in [0.5, 0.6) is 17.2 Å². The summed E-state index contributed by atoms with van der Waals surface area (Å²) in [5, 5.41) is 0.542. The molecule has 0 amide bonds. The number of para-hydroxylation sites is 1. The Labute approximate surface area is 195 Å². The highest BCUT2D eigenvalue weighted by atomic mass is 35.5.